The maximum Gasteiger partial charge on any atom is 0.402 e. The van der Waals surface area contributed by atoms with Gasteiger partial charge in [-0.1, -0.05) is 0 Å². The average molecular weight is 334 g/mol. The van der Waals surface area contributed by atoms with Gasteiger partial charge < -0.3 is 5.11 Å². The second-order valence-electron chi connectivity index (χ2n) is 3.66. The molecule has 0 bridgehead atoms. The number of aromatic carboxylic acids is 1. The van der Waals surface area contributed by atoms with Gasteiger partial charge in [0, 0.05) is 6.07 Å². The first-order valence-corrected chi connectivity index (χ1v) is 6.46. The molecule has 0 saturated heterocycles. The summed E-state index contributed by atoms with van der Waals surface area (Å²) in [6, 6.07) is 0.394. The molecule has 0 fully saturated rings. The Morgan fingerprint density at radius 3 is 2.19 bits per heavy atom. The molecule has 12 heteroatoms. The van der Waals surface area contributed by atoms with Crippen molar-refractivity contribution in [2.75, 3.05) is 11.3 Å². The molecule has 0 atom stereocenters. The molecule has 118 valence electrons. The molecule has 1 rings (SSSR count). The first kappa shape index (κ1) is 17.1. The molecule has 0 amide bonds. The van der Waals surface area contributed by atoms with E-state index in [1.54, 1.807) is 0 Å². The Balaban J connectivity index is 3.07. The summed E-state index contributed by atoms with van der Waals surface area (Å²) in [7, 11) is -4.83. The lowest BCUT2D eigenvalue weighted by molar-refractivity contribution is -0.121. The first-order valence-electron chi connectivity index (χ1n) is 4.98. The van der Waals surface area contributed by atoms with Gasteiger partial charge in [0.05, 0.1) is 11.3 Å². The van der Waals surface area contributed by atoms with Gasteiger partial charge in [-0.3, -0.25) is 4.72 Å². The number of alkyl halides is 3. The molecule has 0 radical (unpaired) electrons. The van der Waals surface area contributed by atoms with Crippen molar-refractivity contribution >= 4 is 21.9 Å². The number of carbonyl (C=O) groups is 1. The second kappa shape index (κ2) is 5.81. The maximum absolute atomic E-state index is 13.0. The highest BCUT2D eigenvalue weighted by molar-refractivity contribution is 7.90. The molecule has 0 saturated carbocycles. The molecule has 21 heavy (non-hydrogen) atoms. The van der Waals surface area contributed by atoms with E-state index in [9.17, 15) is 35.2 Å². The molecule has 0 aromatic heterocycles. The number of halogens is 5. The zero-order valence-corrected chi connectivity index (χ0v) is 10.6. The number of carboxylic acid groups (broad SMARTS) is 1. The van der Waals surface area contributed by atoms with Crippen LogP contribution in [0.5, 0.6) is 0 Å². The van der Waals surface area contributed by atoms with Crippen LogP contribution in [0.15, 0.2) is 12.1 Å². The van der Waals surface area contributed by atoms with Crippen molar-refractivity contribution in [2.45, 2.75) is 6.18 Å². The third-order valence-corrected chi connectivity index (χ3v) is 3.01. The van der Waals surface area contributed by atoms with E-state index in [-0.39, 0.29) is 12.1 Å². The van der Waals surface area contributed by atoms with Crippen LogP contribution in [0, 0.1) is 11.6 Å². The van der Waals surface area contributed by atoms with Gasteiger partial charge in [0.15, 0.2) is 11.6 Å². The van der Waals surface area contributed by atoms with Crippen LogP contribution < -0.4 is 9.44 Å². The van der Waals surface area contributed by atoms with Crippen molar-refractivity contribution in [1.82, 2.24) is 4.72 Å². The van der Waals surface area contributed by atoms with Crippen molar-refractivity contribution in [1.29, 1.82) is 0 Å². The molecule has 1 aromatic carbocycles. The summed E-state index contributed by atoms with van der Waals surface area (Å²) in [5, 5.41) is 8.71. The van der Waals surface area contributed by atoms with Crippen LogP contribution in [0.4, 0.5) is 27.6 Å². The van der Waals surface area contributed by atoms with Crippen molar-refractivity contribution in [3.8, 4) is 0 Å². The van der Waals surface area contributed by atoms with Gasteiger partial charge in [0.25, 0.3) is 10.2 Å². The van der Waals surface area contributed by atoms with Gasteiger partial charge in [-0.15, -0.1) is 0 Å². The van der Waals surface area contributed by atoms with E-state index in [4.69, 9.17) is 5.11 Å². The lowest BCUT2D eigenvalue weighted by atomic mass is 10.2. The maximum atomic E-state index is 13.0. The zero-order chi connectivity index (χ0) is 16.4. The third-order valence-electron chi connectivity index (χ3n) is 2.00. The van der Waals surface area contributed by atoms with Gasteiger partial charge in [0.1, 0.15) is 6.54 Å². The van der Waals surface area contributed by atoms with Crippen molar-refractivity contribution in [3.05, 3.63) is 29.3 Å². The van der Waals surface area contributed by atoms with Crippen LogP contribution in [0.2, 0.25) is 0 Å². The molecule has 0 unspecified atom stereocenters. The number of rotatable bonds is 5. The number of benzene rings is 1. The third kappa shape index (κ3) is 5.15. The molecule has 0 spiro atoms. The van der Waals surface area contributed by atoms with Crippen LogP contribution >= 0.6 is 0 Å². The van der Waals surface area contributed by atoms with Crippen LogP contribution in [-0.4, -0.2) is 32.2 Å². The fourth-order valence-corrected chi connectivity index (χ4v) is 2.05. The SMILES string of the molecule is O=C(O)c1cc(F)c(F)cc1NS(=O)(=O)NCC(F)(F)F. The Hall–Kier alpha value is -1.95. The van der Waals surface area contributed by atoms with Crippen LogP contribution in [0.1, 0.15) is 10.4 Å². The summed E-state index contributed by atoms with van der Waals surface area (Å²) in [5.74, 6) is -4.94. The van der Waals surface area contributed by atoms with Crippen molar-refractivity contribution in [2.24, 2.45) is 0 Å². The highest BCUT2D eigenvalue weighted by Crippen LogP contribution is 2.21. The topological polar surface area (TPSA) is 95.5 Å². The Morgan fingerprint density at radius 2 is 1.71 bits per heavy atom. The fourth-order valence-electron chi connectivity index (χ4n) is 1.17. The lowest BCUT2D eigenvalue weighted by Crippen LogP contribution is -2.37. The molecule has 6 nitrogen and oxygen atoms in total. The standard InChI is InChI=1S/C9H7F5N2O4S/c10-5-1-4(8(17)18)7(2-6(5)11)16-21(19,20)15-3-9(12,13)14/h1-2,15-16H,3H2,(H,17,18). The monoisotopic (exact) mass is 334 g/mol. The predicted octanol–water partition coefficient (Wildman–Crippen LogP) is 1.47. The van der Waals surface area contributed by atoms with E-state index in [0.717, 1.165) is 4.72 Å². The summed E-state index contributed by atoms with van der Waals surface area (Å²) in [4.78, 5) is 10.8. The zero-order valence-electron chi connectivity index (χ0n) is 9.83. The summed E-state index contributed by atoms with van der Waals surface area (Å²) in [6.45, 7) is -1.92. The smallest absolute Gasteiger partial charge is 0.402 e. The minimum atomic E-state index is -4.85. The van der Waals surface area contributed by atoms with Gasteiger partial charge in [0.2, 0.25) is 0 Å². The predicted molar refractivity (Wildman–Crippen MR) is 59.9 cm³/mol. The molecule has 3 N–H and O–H groups in total. The molecular formula is C9H7F5N2O4S. The highest BCUT2D eigenvalue weighted by Gasteiger charge is 2.30. The summed E-state index contributed by atoms with van der Waals surface area (Å²) >= 11 is 0. The molecule has 0 aliphatic rings. The van der Waals surface area contributed by atoms with Gasteiger partial charge in [-0.25, -0.2) is 13.6 Å². The minimum Gasteiger partial charge on any atom is -0.478 e. The van der Waals surface area contributed by atoms with Crippen LogP contribution in [-0.2, 0) is 10.2 Å². The van der Waals surface area contributed by atoms with Crippen molar-refractivity contribution in [3.63, 3.8) is 0 Å². The summed E-state index contributed by atoms with van der Waals surface area (Å²) in [5.41, 5.74) is -1.89. The van der Waals surface area contributed by atoms with E-state index in [2.05, 4.69) is 0 Å². The Bertz CT molecular complexity index is 659. The molecule has 0 heterocycles. The largest absolute Gasteiger partial charge is 0.478 e. The van der Waals surface area contributed by atoms with E-state index < -0.39 is 51.8 Å². The van der Waals surface area contributed by atoms with E-state index in [1.807, 2.05) is 0 Å². The van der Waals surface area contributed by atoms with Gasteiger partial charge in [-0.2, -0.15) is 26.3 Å². The normalized spacial score (nSPS) is 12.2. The minimum absolute atomic E-state index is 0.194. The number of hydrogen-bond acceptors (Lipinski definition) is 3. The van der Waals surface area contributed by atoms with E-state index >= 15 is 0 Å². The second-order valence-corrected chi connectivity index (χ2v) is 5.16. The van der Waals surface area contributed by atoms with E-state index in [0.29, 0.717) is 0 Å². The lowest BCUT2D eigenvalue weighted by Gasteiger charge is -2.13. The van der Waals surface area contributed by atoms with Gasteiger partial charge >= 0.3 is 12.1 Å². The van der Waals surface area contributed by atoms with Crippen molar-refractivity contribution < 1.29 is 40.3 Å². The molecule has 0 aliphatic carbocycles. The van der Waals surface area contributed by atoms with Crippen LogP contribution in [0.25, 0.3) is 0 Å². The average Bonchev–Trinajstić information content (AvgIpc) is 2.29. The number of carboxylic acids is 1. The van der Waals surface area contributed by atoms with Crippen LogP contribution in [0.3, 0.4) is 0 Å². The number of hydrogen-bond donors (Lipinski definition) is 3. The molecular weight excluding hydrogens is 327 g/mol. The molecule has 0 aliphatic heterocycles. The summed E-state index contributed by atoms with van der Waals surface area (Å²) in [6.07, 6.45) is -4.85. The fraction of sp³-hybridized carbons (Fsp3) is 0.222. The van der Waals surface area contributed by atoms with Gasteiger partial charge in [-0.05, 0) is 6.07 Å². The number of nitrogens with one attached hydrogen (secondary N) is 2. The Labute approximate surface area is 114 Å². The Kier molecular flexibility index (Phi) is 4.73. The van der Waals surface area contributed by atoms with E-state index in [1.165, 1.54) is 4.72 Å². The first-order chi connectivity index (χ1) is 9.41. The summed E-state index contributed by atoms with van der Waals surface area (Å²) < 4.78 is 86.5. The molecule has 1 aromatic rings. The Morgan fingerprint density at radius 1 is 1.19 bits per heavy atom. The quantitative estimate of drug-likeness (QED) is 0.711. The highest BCUT2D eigenvalue weighted by atomic mass is 32.2. The number of anilines is 1.